The van der Waals surface area contributed by atoms with Gasteiger partial charge in [-0.3, -0.25) is 0 Å². The van der Waals surface area contributed by atoms with Crippen LogP contribution in [0.15, 0.2) is 39.4 Å². The van der Waals surface area contributed by atoms with Crippen LogP contribution in [0, 0.1) is 6.92 Å². The lowest BCUT2D eigenvalue weighted by atomic mass is 10.2. The molecule has 94 valence electrons. The first-order valence-electron chi connectivity index (χ1n) is 5.58. The van der Waals surface area contributed by atoms with Crippen molar-refractivity contribution in [3.63, 3.8) is 0 Å². The quantitative estimate of drug-likeness (QED) is 0.893. The highest BCUT2D eigenvalue weighted by atomic mass is 79.9. The molecule has 1 aromatic carbocycles. The molecule has 1 N–H and O–H groups in total. The molecule has 0 unspecified atom stereocenters. The molecule has 0 aliphatic carbocycles. The molecule has 0 fully saturated rings. The molecule has 1 heterocycles. The van der Waals surface area contributed by atoms with E-state index in [4.69, 9.17) is 0 Å². The summed E-state index contributed by atoms with van der Waals surface area (Å²) in [5, 5.41) is 3.37. The van der Waals surface area contributed by atoms with Gasteiger partial charge in [0.1, 0.15) is 5.82 Å². The maximum absolute atomic E-state index is 4.35. The Hall–Kier alpha value is -0.780. The first-order valence-corrected chi connectivity index (χ1v) is 7.17. The molecule has 5 heteroatoms. The normalized spacial score (nSPS) is 10.6. The average molecular weight is 371 g/mol. The molecule has 0 radical (unpaired) electrons. The smallest absolute Gasteiger partial charge is 0.125 e. The second-order valence-electron chi connectivity index (χ2n) is 3.95. The van der Waals surface area contributed by atoms with E-state index in [1.165, 1.54) is 5.56 Å². The Kier molecular flexibility index (Phi) is 4.86. The van der Waals surface area contributed by atoms with Gasteiger partial charge in [0, 0.05) is 28.2 Å². The summed E-state index contributed by atoms with van der Waals surface area (Å²) >= 11 is 6.96. The lowest BCUT2D eigenvalue weighted by Crippen LogP contribution is -2.14. The summed E-state index contributed by atoms with van der Waals surface area (Å²) < 4.78 is 2.14. The van der Waals surface area contributed by atoms with Gasteiger partial charge in [0.05, 0.1) is 5.69 Å². The van der Waals surface area contributed by atoms with E-state index >= 15 is 0 Å². The molecule has 0 atom stereocenters. The van der Waals surface area contributed by atoms with Crippen LogP contribution in [0.25, 0.3) is 0 Å². The number of nitrogens with one attached hydrogen (secondary N) is 1. The summed E-state index contributed by atoms with van der Waals surface area (Å²) in [6.45, 7) is 3.46. The van der Waals surface area contributed by atoms with Crippen LogP contribution in [-0.2, 0) is 13.1 Å². The molecule has 0 amide bonds. The Morgan fingerprint density at radius 1 is 1.11 bits per heavy atom. The van der Waals surface area contributed by atoms with Crippen molar-refractivity contribution in [2.45, 2.75) is 20.0 Å². The van der Waals surface area contributed by atoms with E-state index < -0.39 is 0 Å². The molecule has 0 saturated carbocycles. The molecular weight excluding hydrogens is 358 g/mol. The maximum Gasteiger partial charge on any atom is 0.125 e. The van der Waals surface area contributed by atoms with E-state index in [0.717, 1.165) is 33.6 Å². The minimum Gasteiger partial charge on any atom is -0.307 e. The van der Waals surface area contributed by atoms with Crippen LogP contribution in [0.1, 0.15) is 17.1 Å². The first kappa shape index (κ1) is 13.6. The van der Waals surface area contributed by atoms with Gasteiger partial charge >= 0.3 is 0 Å². The highest BCUT2D eigenvalue weighted by Gasteiger charge is 1.99. The summed E-state index contributed by atoms with van der Waals surface area (Å²) in [7, 11) is 0. The second-order valence-corrected chi connectivity index (χ2v) is 5.66. The monoisotopic (exact) mass is 369 g/mol. The zero-order chi connectivity index (χ0) is 13.0. The van der Waals surface area contributed by atoms with Crippen molar-refractivity contribution >= 4 is 31.9 Å². The largest absolute Gasteiger partial charge is 0.307 e. The van der Waals surface area contributed by atoms with Crippen molar-refractivity contribution in [2.24, 2.45) is 0 Å². The van der Waals surface area contributed by atoms with Crippen LogP contribution in [0.3, 0.4) is 0 Å². The average Bonchev–Trinajstić information content (AvgIpc) is 2.34. The van der Waals surface area contributed by atoms with Crippen molar-refractivity contribution in [3.05, 3.63) is 56.5 Å². The van der Waals surface area contributed by atoms with Gasteiger partial charge in [-0.25, -0.2) is 9.97 Å². The summed E-state index contributed by atoms with van der Waals surface area (Å²) in [5.41, 5.74) is 2.24. The lowest BCUT2D eigenvalue weighted by molar-refractivity contribution is 0.675. The molecule has 2 rings (SSSR count). The van der Waals surface area contributed by atoms with Gasteiger partial charge in [-0.2, -0.15) is 0 Å². The number of hydrogen-bond donors (Lipinski definition) is 1. The highest BCUT2D eigenvalue weighted by molar-refractivity contribution is 9.13. The summed E-state index contributed by atoms with van der Waals surface area (Å²) in [4.78, 5) is 8.42. The number of aryl methyl sites for hydroxylation is 1. The van der Waals surface area contributed by atoms with E-state index in [1.54, 1.807) is 6.20 Å². The molecule has 2 aromatic rings. The first-order chi connectivity index (χ1) is 8.65. The van der Waals surface area contributed by atoms with Crippen molar-refractivity contribution < 1.29 is 0 Å². The lowest BCUT2D eigenvalue weighted by Gasteiger charge is -2.06. The molecule has 1 aromatic heterocycles. The molecular formula is C13H13Br2N3. The van der Waals surface area contributed by atoms with Crippen LogP contribution < -0.4 is 5.32 Å². The van der Waals surface area contributed by atoms with Crippen LogP contribution >= 0.6 is 31.9 Å². The van der Waals surface area contributed by atoms with Crippen LogP contribution in [-0.4, -0.2) is 9.97 Å². The molecule has 0 aliphatic heterocycles. The Morgan fingerprint density at radius 2 is 1.94 bits per heavy atom. The van der Waals surface area contributed by atoms with E-state index in [0.29, 0.717) is 0 Å². The number of nitrogens with zero attached hydrogens (tertiary/aromatic N) is 2. The second kappa shape index (κ2) is 6.41. The van der Waals surface area contributed by atoms with Gasteiger partial charge in [-0.15, -0.1) is 0 Å². The number of rotatable bonds is 4. The summed E-state index contributed by atoms with van der Waals surface area (Å²) in [6.07, 6.45) is 1.79. The third-order valence-electron chi connectivity index (χ3n) is 2.45. The fraction of sp³-hybridized carbons (Fsp3) is 0.231. The highest BCUT2D eigenvalue weighted by Crippen LogP contribution is 2.23. The standard InChI is InChI=1S/C13H13Br2N3/c1-9-17-5-4-11(18-9)8-16-7-10-2-3-12(14)13(15)6-10/h2-6,16H,7-8H2,1H3. The van der Waals surface area contributed by atoms with E-state index in [1.807, 2.05) is 19.1 Å². The maximum atomic E-state index is 4.35. The van der Waals surface area contributed by atoms with Crippen molar-refractivity contribution in [3.8, 4) is 0 Å². The number of aromatic nitrogens is 2. The number of hydrogen-bond acceptors (Lipinski definition) is 3. The van der Waals surface area contributed by atoms with E-state index in [2.05, 4.69) is 59.3 Å². The Bertz CT molecular complexity index is 544. The zero-order valence-corrected chi connectivity index (χ0v) is 13.1. The van der Waals surface area contributed by atoms with Crippen molar-refractivity contribution in [2.75, 3.05) is 0 Å². The van der Waals surface area contributed by atoms with Crippen molar-refractivity contribution in [1.29, 1.82) is 0 Å². The third kappa shape index (κ3) is 3.86. The van der Waals surface area contributed by atoms with Crippen LogP contribution in [0.4, 0.5) is 0 Å². The Morgan fingerprint density at radius 3 is 2.67 bits per heavy atom. The number of halogens is 2. The predicted molar refractivity (Wildman–Crippen MR) is 79.2 cm³/mol. The molecule has 0 bridgehead atoms. The summed E-state index contributed by atoms with van der Waals surface area (Å²) in [6, 6.07) is 8.16. The molecule has 0 spiro atoms. The fourth-order valence-corrected chi connectivity index (χ4v) is 2.26. The predicted octanol–water partition coefficient (Wildman–Crippen LogP) is 3.60. The van der Waals surface area contributed by atoms with Gasteiger partial charge in [-0.05, 0) is 62.5 Å². The van der Waals surface area contributed by atoms with Crippen LogP contribution in [0.2, 0.25) is 0 Å². The SMILES string of the molecule is Cc1nccc(CNCc2ccc(Br)c(Br)c2)n1. The van der Waals surface area contributed by atoms with Crippen LogP contribution in [0.5, 0.6) is 0 Å². The van der Waals surface area contributed by atoms with E-state index in [9.17, 15) is 0 Å². The zero-order valence-electron chi connectivity index (χ0n) is 9.95. The topological polar surface area (TPSA) is 37.8 Å². The fourth-order valence-electron chi connectivity index (χ4n) is 1.59. The van der Waals surface area contributed by atoms with Gasteiger partial charge in [-0.1, -0.05) is 6.07 Å². The molecule has 0 aliphatic rings. The van der Waals surface area contributed by atoms with E-state index in [-0.39, 0.29) is 0 Å². The molecule has 18 heavy (non-hydrogen) atoms. The molecule has 0 saturated heterocycles. The summed E-state index contributed by atoms with van der Waals surface area (Å²) in [5.74, 6) is 0.806. The Labute approximate surface area is 123 Å². The molecule has 3 nitrogen and oxygen atoms in total. The number of benzene rings is 1. The third-order valence-corrected chi connectivity index (χ3v) is 4.33. The van der Waals surface area contributed by atoms with Gasteiger partial charge in [0.2, 0.25) is 0 Å². The van der Waals surface area contributed by atoms with Gasteiger partial charge < -0.3 is 5.32 Å². The Balaban J connectivity index is 1.90. The van der Waals surface area contributed by atoms with Gasteiger partial charge in [0.15, 0.2) is 0 Å². The minimum atomic E-state index is 0.747. The van der Waals surface area contributed by atoms with Gasteiger partial charge in [0.25, 0.3) is 0 Å². The van der Waals surface area contributed by atoms with Crippen molar-refractivity contribution in [1.82, 2.24) is 15.3 Å². The minimum absolute atomic E-state index is 0.747.